The molecule has 1 saturated carbocycles. The van der Waals surface area contributed by atoms with Crippen LogP contribution in [0.1, 0.15) is 67.4 Å². The first-order valence-corrected chi connectivity index (χ1v) is 12.5. The van der Waals surface area contributed by atoms with Crippen molar-refractivity contribution in [2.75, 3.05) is 31.1 Å². The van der Waals surface area contributed by atoms with E-state index in [4.69, 9.17) is 4.98 Å². The summed E-state index contributed by atoms with van der Waals surface area (Å²) < 4.78 is 0. The molecular weight excluding hydrogens is 412 g/mol. The van der Waals surface area contributed by atoms with Crippen LogP contribution >= 0.6 is 0 Å². The van der Waals surface area contributed by atoms with Gasteiger partial charge in [-0.1, -0.05) is 43.2 Å². The highest BCUT2D eigenvalue weighted by Gasteiger charge is 2.36. The van der Waals surface area contributed by atoms with Crippen LogP contribution in [0, 0.1) is 5.92 Å². The Morgan fingerprint density at radius 2 is 1.67 bits per heavy atom. The topological polar surface area (TPSA) is 56.8 Å². The van der Waals surface area contributed by atoms with Crippen LogP contribution in [-0.4, -0.2) is 58.8 Å². The summed E-state index contributed by atoms with van der Waals surface area (Å²) in [6.07, 6.45) is 9.07. The maximum absolute atomic E-state index is 13.3. The van der Waals surface area contributed by atoms with Crippen LogP contribution in [0.15, 0.2) is 48.7 Å². The van der Waals surface area contributed by atoms with Gasteiger partial charge < -0.3 is 14.7 Å². The van der Waals surface area contributed by atoms with E-state index in [0.717, 1.165) is 37.3 Å². The van der Waals surface area contributed by atoms with Crippen molar-refractivity contribution < 1.29 is 9.59 Å². The fraction of sp³-hybridized carbons (Fsp3) is 0.519. The average molecular weight is 447 g/mol. The number of benzene rings is 1. The number of likely N-dealkylation sites (tertiary alicyclic amines) is 1. The van der Waals surface area contributed by atoms with E-state index < -0.39 is 0 Å². The minimum atomic E-state index is -0.00265. The van der Waals surface area contributed by atoms with E-state index in [1.165, 1.54) is 25.7 Å². The second kappa shape index (κ2) is 9.54. The molecule has 2 aromatic rings. The highest BCUT2D eigenvalue weighted by atomic mass is 16.2. The molecule has 2 aliphatic heterocycles. The molecule has 6 nitrogen and oxygen atoms in total. The molecule has 6 heteroatoms. The third-order valence-corrected chi connectivity index (χ3v) is 7.79. The van der Waals surface area contributed by atoms with E-state index >= 15 is 0 Å². The average Bonchev–Trinajstić information content (AvgIpc) is 2.88. The highest BCUT2D eigenvalue weighted by molar-refractivity contribution is 5.94. The number of rotatable bonds is 3. The number of nitrogens with zero attached hydrogens (tertiary/aromatic N) is 4. The Balaban J connectivity index is 1.31. The Hall–Kier alpha value is -2.89. The van der Waals surface area contributed by atoms with Gasteiger partial charge in [-0.15, -0.1) is 0 Å². The van der Waals surface area contributed by atoms with Crippen molar-refractivity contribution in [3.8, 4) is 0 Å². The van der Waals surface area contributed by atoms with E-state index in [1.54, 1.807) is 13.1 Å². The molecule has 2 saturated heterocycles. The van der Waals surface area contributed by atoms with Gasteiger partial charge in [-0.25, -0.2) is 4.98 Å². The number of carbonyl (C=O) groups is 2. The fourth-order valence-electron chi connectivity index (χ4n) is 6.07. The Bertz CT molecular complexity index is 975. The molecule has 1 aliphatic carbocycles. The molecule has 3 aliphatic rings. The molecule has 0 bridgehead atoms. The van der Waals surface area contributed by atoms with Gasteiger partial charge in [-0.05, 0) is 49.3 Å². The Labute approximate surface area is 196 Å². The lowest BCUT2D eigenvalue weighted by Gasteiger charge is -2.44. The second-order valence-electron chi connectivity index (χ2n) is 9.74. The fourth-order valence-corrected chi connectivity index (χ4v) is 6.07. The molecule has 1 aromatic heterocycles. The summed E-state index contributed by atoms with van der Waals surface area (Å²) in [6, 6.07) is 14.5. The summed E-state index contributed by atoms with van der Waals surface area (Å²) in [5.74, 6) is 1.77. The first kappa shape index (κ1) is 21.9. The lowest BCUT2D eigenvalue weighted by molar-refractivity contribution is -0.131. The van der Waals surface area contributed by atoms with Crippen LogP contribution in [0.2, 0.25) is 0 Å². The van der Waals surface area contributed by atoms with Crippen LogP contribution in [0.3, 0.4) is 0 Å². The number of aromatic nitrogens is 1. The summed E-state index contributed by atoms with van der Waals surface area (Å²) in [6.45, 7) is 4.60. The molecule has 3 heterocycles. The zero-order valence-electron chi connectivity index (χ0n) is 19.5. The Morgan fingerprint density at radius 1 is 0.879 bits per heavy atom. The van der Waals surface area contributed by atoms with E-state index in [0.29, 0.717) is 30.6 Å². The third kappa shape index (κ3) is 4.48. The second-order valence-corrected chi connectivity index (χ2v) is 9.74. The smallest absolute Gasteiger partial charge is 0.255 e. The maximum Gasteiger partial charge on any atom is 0.255 e. The van der Waals surface area contributed by atoms with Gasteiger partial charge in [0.25, 0.3) is 5.91 Å². The quantitative estimate of drug-likeness (QED) is 0.706. The molecule has 5 rings (SSSR count). The summed E-state index contributed by atoms with van der Waals surface area (Å²) in [5.41, 5.74) is 1.82. The summed E-state index contributed by atoms with van der Waals surface area (Å²) in [4.78, 5) is 36.6. The van der Waals surface area contributed by atoms with Crippen LogP contribution in [0.25, 0.3) is 0 Å². The monoisotopic (exact) mass is 446 g/mol. The molecule has 2 amide bonds. The predicted molar refractivity (Wildman–Crippen MR) is 129 cm³/mol. The first-order valence-electron chi connectivity index (χ1n) is 12.5. The van der Waals surface area contributed by atoms with E-state index in [9.17, 15) is 9.59 Å². The number of anilines is 1. The van der Waals surface area contributed by atoms with Crippen molar-refractivity contribution in [3.05, 3.63) is 59.8 Å². The van der Waals surface area contributed by atoms with Crippen molar-refractivity contribution in [2.24, 2.45) is 5.92 Å². The molecule has 3 fully saturated rings. The predicted octanol–water partition coefficient (Wildman–Crippen LogP) is 4.29. The summed E-state index contributed by atoms with van der Waals surface area (Å²) in [5, 5.41) is 0. The first-order chi connectivity index (χ1) is 16.1. The van der Waals surface area contributed by atoms with Gasteiger partial charge in [0.05, 0.1) is 11.6 Å². The molecule has 0 radical (unpaired) electrons. The molecule has 0 N–H and O–H groups in total. The maximum atomic E-state index is 13.3. The number of fused-ring (bicyclic) bond motifs is 1. The normalized spacial score (nSPS) is 25.5. The van der Waals surface area contributed by atoms with Crippen LogP contribution in [0.5, 0.6) is 0 Å². The minimum Gasteiger partial charge on any atom is -0.352 e. The molecule has 174 valence electrons. The van der Waals surface area contributed by atoms with Gasteiger partial charge >= 0.3 is 0 Å². The SMILES string of the molecule is CC(=O)N1CCN(c2ccc(C(=O)N3CCCC4CCCCC43)cn2)CC1c1ccccc1. The molecule has 33 heavy (non-hydrogen) atoms. The van der Waals surface area contributed by atoms with Crippen molar-refractivity contribution >= 4 is 17.6 Å². The molecule has 1 aromatic carbocycles. The zero-order valence-corrected chi connectivity index (χ0v) is 19.5. The van der Waals surface area contributed by atoms with Gasteiger partial charge in [0.15, 0.2) is 0 Å². The minimum absolute atomic E-state index is 0.00265. The molecule has 3 unspecified atom stereocenters. The van der Waals surface area contributed by atoms with Crippen LogP contribution < -0.4 is 4.90 Å². The number of hydrogen-bond donors (Lipinski definition) is 0. The summed E-state index contributed by atoms with van der Waals surface area (Å²) in [7, 11) is 0. The molecule has 0 spiro atoms. The van der Waals surface area contributed by atoms with Gasteiger partial charge in [-0.2, -0.15) is 0 Å². The van der Waals surface area contributed by atoms with Gasteiger partial charge in [-0.3, -0.25) is 9.59 Å². The van der Waals surface area contributed by atoms with E-state index in [2.05, 4.69) is 21.9 Å². The number of carbonyl (C=O) groups excluding carboxylic acids is 2. The van der Waals surface area contributed by atoms with E-state index in [-0.39, 0.29) is 17.9 Å². The van der Waals surface area contributed by atoms with Crippen molar-refractivity contribution in [2.45, 2.75) is 57.5 Å². The lowest BCUT2D eigenvalue weighted by Crippen LogP contribution is -2.50. The van der Waals surface area contributed by atoms with Gasteiger partial charge in [0.2, 0.25) is 5.91 Å². The van der Waals surface area contributed by atoms with E-state index in [1.807, 2.05) is 35.2 Å². The van der Waals surface area contributed by atoms with Crippen molar-refractivity contribution in [1.29, 1.82) is 0 Å². The standard InChI is InChI=1S/C27H34N4O2/c1-20(32)30-17-16-29(19-25(30)22-8-3-2-4-9-22)26-14-13-23(18-28-26)27(33)31-15-7-11-21-10-5-6-12-24(21)31/h2-4,8-9,13-14,18,21,24-25H,5-7,10-12,15-17,19H2,1H3. The number of hydrogen-bond acceptors (Lipinski definition) is 4. The van der Waals surface area contributed by atoms with Crippen LogP contribution in [0.4, 0.5) is 5.82 Å². The zero-order chi connectivity index (χ0) is 22.8. The number of pyridine rings is 1. The number of amides is 2. The number of piperidine rings is 1. The van der Waals surface area contributed by atoms with Gasteiger partial charge in [0, 0.05) is 45.3 Å². The third-order valence-electron chi connectivity index (χ3n) is 7.79. The van der Waals surface area contributed by atoms with Crippen molar-refractivity contribution in [3.63, 3.8) is 0 Å². The van der Waals surface area contributed by atoms with Gasteiger partial charge in [0.1, 0.15) is 5.82 Å². The molecule has 3 atom stereocenters. The number of piperazine rings is 1. The molecular formula is C27H34N4O2. The largest absolute Gasteiger partial charge is 0.352 e. The Morgan fingerprint density at radius 3 is 2.42 bits per heavy atom. The Kier molecular flexibility index (Phi) is 6.34. The lowest BCUT2D eigenvalue weighted by atomic mass is 9.78. The summed E-state index contributed by atoms with van der Waals surface area (Å²) >= 11 is 0. The van der Waals surface area contributed by atoms with Crippen LogP contribution in [-0.2, 0) is 4.79 Å². The van der Waals surface area contributed by atoms with Crippen molar-refractivity contribution in [1.82, 2.24) is 14.8 Å². The highest BCUT2D eigenvalue weighted by Crippen LogP contribution is 2.36.